The third-order valence-corrected chi connectivity index (χ3v) is 4.04. The lowest BCUT2D eigenvalue weighted by atomic mass is 10.1. The second kappa shape index (κ2) is 3.83. The summed E-state index contributed by atoms with van der Waals surface area (Å²) >= 11 is 5.12. The molecule has 3 heteroatoms. The maximum absolute atomic E-state index is 4.35. The van der Waals surface area contributed by atoms with Crippen LogP contribution in [0.2, 0.25) is 0 Å². The Morgan fingerprint density at radius 3 is 2.50 bits per heavy atom. The molecule has 0 amide bonds. The first-order chi connectivity index (χ1) is 6.70. The van der Waals surface area contributed by atoms with Crippen molar-refractivity contribution in [1.82, 2.24) is 4.37 Å². The molecule has 72 valence electrons. The molecule has 0 saturated heterocycles. The van der Waals surface area contributed by atoms with E-state index in [-0.39, 0.29) is 0 Å². The molecule has 1 aromatic heterocycles. The van der Waals surface area contributed by atoms with Gasteiger partial charge in [-0.1, -0.05) is 34.1 Å². The van der Waals surface area contributed by atoms with Crippen LogP contribution in [0.15, 0.2) is 28.7 Å². The van der Waals surface area contributed by atoms with E-state index in [9.17, 15) is 0 Å². The molecule has 0 aliphatic carbocycles. The van der Waals surface area contributed by atoms with E-state index in [0.29, 0.717) is 0 Å². The molecule has 0 bridgehead atoms. The minimum absolute atomic E-state index is 1.13. The van der Waals surface area contributed by atoms with Gasteiger partial charge in [0.2, 0.25) is 0 Å². The highest BCUT2D eigenvalue weighted by molar-refractivity contribution is 9.10. The second-order valence-corrected chi connectivity index (χ2v) is 4.83. The van der Waals surface area contributed by atoms with Gasteiger partial charge in [0.1, 0.15) is 0 Å². The Morgan fingerprint density at radius 1 is 1.21 bits per heavy atom. The summed E-state index contributed by atoms with van der Waals surface area (Å²) in [6.07, 6.45) is 0. The SMILES string of the molecule is Cc1nsc(-c2ccccc2Br)c1C. The monoisotopic (exact) mass is 267 g/mol. The zero-order chi connectivity index (χ0) is 10.1. The fourth-order valence-corrected chi connectivity index (χ4v) is 2.85. The van der Waals surface area contributed by atoms with E-state index >= 15 is 0 Å². The summed E-state index contributed by atoms with van der Waals surface area (Å²) in [5, 5.41) is 0. The highest BCUT2D eigenvalue weighted by Gasteiger charge is 2.10. The normalized spacial score (nSPS) is 10.5. The average Bonchev–Trinajstić information content (AvgIpc) is 2.49. The molecular weight excluding hydrogens is 258 g/mol. The largest absolute Gasteiger partial charge is 0.197 e. The Balaban J connectivity index is 2.60. The van der Waals surface area contributed by atoms with Gasteiger partial charge < -0.3 is 0 Å². The van der Waals surface area contributed by atoms with Crippen LogP contribution < -0.4 is 0 Å². The van der Waals surface area contributed by atoms with E-state index in [1.807, 2.05) is 13.0 Å². The van der Waals surface area contributed by atoms with Crippen LogP contribution in [0.3, 0.4) is 0 Å². The molecule has 0 radical (unpaired) electrons. The van der Waals surface area contributed by atoms with Crippen LogP contribution >= 0.6 is 27.5 Å². The Hall–Kier alpha value is -0.670. The van der Waals surface area contributed by atoms with Gasteiger partial charge in [0, 0.05) is 10.0 Å². The maximum atomic E-state index is 4.35. The van der Waals surface area contributed by atoms with Crippen molar-refractivity contribution in [2.45, 2.75) is 13.8 Å². The summed E-state index contributed by atoms with van der Waals surface area (Å²) in [5.74, 6) is 0. The highest BCUT2D eigenvalue weighted by Crippen LogP contribution is 2.34. The molecular formula is C11H10BrNS. The number of hydrogen-bond donors (Lipinski definition) is 0. The van der Waals surface area contributed by atoms with Gasteiger partial charge in [-0.05, 0) is 37.0 Å². The quantitative estimate of drug-likeness (QED) is 0.755. The zero-order valence-corrected chi connectivity index (χ0v) is 10.4. The summed E-state index contributed by atoms with van der Waals surface area (Å²) in [7, 11) is 0. The van der Waals surface area contributed by atoms with Gasteiger partial charge in [0.25, 0.3) is 0 Å². The molecule has 0 aliphatic heterocycles. The molecule has 0 aliphatic rings. The van der Waals surface area contributed by atoms with E-state index in [1.165, 1.54) is 16.0 Å². The number of aryl methyl sites for hydroxylation is 1. The molecule has 0 saturated carbocycles. The summed E-state index contributed by atoms with van der Waals surface area (Å²) in [4.78, 5) is 1.26. The lowest BCUT2D eigenvalue weighted by molar-refractivity contribution is 1.28. The Labute approximate surface area is 96.1 Å². The van der Waals surface area contributed by atoms with Crippen molar-refractivity contribution >= 4 is 27.5 Å². The van der Waals surface area contributed by atoms with Gasteiger partial charge in [0.15, 0.2) is 0 Å². The van der Waals surface area contributed by atoms with E-state index in [4.69, 9.17) is 0 Å². The minimum atomic E-state index is 1.13. The van der Waals surface area contributed by atoms with Crippen molar-refractivity contribution in [3.8, 4) is 10.4 Å². The van der Waals surface area contributed by atoms with Gasteiger partial charge in [-0.2, -0.15) is 4.37 Å². The van der Waals surface area contributed by atoms with Crippen LogP contribution in [0.5, 0.6) is 0 Å². The van der Waals surface area contributed by atoms with Crippen molar-refractivity contribution < 1.29 is 0 Å². The smallest absolute Gasteiger partial charge is 0.0593 e. The van der Waals surface area contributed by atoms with Crippen LogP contribution in [-0.2, 0) is 0 Å². The molecule has 1 nitrogen and oxygen atoms in total. The lowest BCUT2D eigenvalue weighted by Gasteiger charge is -2.01. The number of nitrogens with zero attached hydrogens (tertiary/aromatic N) is 1. The number of halogens is 1. The lowest BCUT2D eigenvalue weighted by Crippen LogP contribution is -1.79. The first kappa shape index (κ1) is 9.87. The van der Waals surface area contributed by atoms with E-state index < -0.39 is 0 Å². The fraction of sp³-hybridized carbons (Fsp3) is 0.182. The predicted octanol–water partition coefficient (Wildman–Crippen LogP) is 4.19. The molecule has 0 atom stereocenters. The highest BCUT2D eigenvalue weighted by atomic mass is 79.9. The molecule has 1 aromatic carbocycles. The minimum Gasteiger partial charge on any atom is -0.197 e. The fourth-order valence-electron chi connectivity index (χ4n) is 1.31. The van der Waals surface area contributed by atoms with Gasteiger partial charge in [-0.25, -0.2) is 0 Å². The van der Waals surface area contributed by atoms with Crippen LogP contribution in [0.1, 0.15) is 11.3 Å². The van der Waals surface area contributed by atoms with Crippen LogP contribution in [0.25, 0.3) is 10.4 Å². The number of aromatic nitrogens is 1. The second-order valence-electron chi connectivity index (χ2n) is 3.20. The standard InChI is InChI=1S/C11H10BrNS/c1-7-8(2)13-14-11(7)9-5-3-4-6-10(9)12/h3-6H,1-2H3. The maximum Gasteiger partial charge on any atom is 0.0593 e. The Bertz CT molecular complexity index is 462. The van der Waals surface area contributed by atoms with Crippen molar-refractivity contribution in [2.75, 3.05) is 0 Å². The number of benzene rings is 1. The van der Waals surface area contributed by atoms with Gasteiger partial charge in [0.05, 0.1) is 10.6 Å². The summed E-state index contributed by atoms with van der Waals surface area (Å²) in [5.41, 5.74) is 3.64. The molecule has 0 unspecified atom stereocenters. The summed E-state index contributed by atoms with van der Waals surface area (Å²) in [6.45, 7) is 4.17. The average molecular weight is 268 g/mol. The molecule has 2 aromatic rings. The van der Waals surface area contributed by atoms with E-state index in [0.717, 1.165) is 10.2 Å². The number of hydrogen-bond acceptors (Lipinski definition) is 2. The first-order valence-corrected chi connectivity index (χ1v) is 5.94. The summed E-state index contributed by atoms with van der Waals surface area (Å²) in [6, 6.07) is 8.25. The number of rotatable bonds is 1. The van der Waals surface area contributed by atoms with Crippen molar-refractivity contribution in [2.24, 2.45) is 0 Å². The zero-order valence-electron chi connectivity index (χ0n) is 8.04. The van der Waals surface area contributed by atoms with Crippen molar-refractivity contribution in [3.05, 3.63) is 40.0 Å². The molecule has 0 N–H and O–H groups in total. The predicted molar refractivity (Wildman–Crippen MR) is 64.7 cm³/mol. The van der Waals surface area contributed by atoms with Crippen LogP contribution in [0, 0.1) is 13.8 Å². The van der Waals surface area contributed by atoms with Crippen LogP contribution in [0.4, 0.5) is 0 Å². The van der Waals surface area contributed by atoms with E-state index in [2.05, 4.69) is 45.4 Å². The molecule has 1 heterocycles. The van der Waals surface area contributed by atoms with Crippen LogP contribution in [-0.4, -0.2) is 4.37 Å². The third-order valence-electron chi connectivity index (χ3n) is 2.28. The molecule has 0 spiro atoms. The summed E-state index contributed by atoms with van der Waals surface area (Å²) < 4.78 is 5.49. The van der Waals surface area contributed by atoms with Gasteiger partial charge >= 0.3 is 0 Å². The molecule has 2 rings (SSSR count). The topological polar surface area (TPSA) is 12.9 Å². The van der Waals surface area contributed by atoms with Crippen molar-refractivity contribution in [3.63, 3.8) is 0 Å². The molecule has 14 heavy (non-hydrogen) atoms. The Kier molecular flexibility index (Phi) is 2.70. The Morgan fingerprint density at radius 2 is 1.93 bits per heavy atom. The van der Waals surface area contributed by atoms with E-state index in [1.54, 1.807) is 11.5 Å². The first-order valence-electron chi connectivity index (χ1n) is 4.38. The van der Waals surface area contributed by atoms with Crippen molar-refractivity contribution in [1.29, 1.82) is 0 Å². The van der Waals surface area contributed by atoms with Gasteiger partial charge in [-0.15, -0.1) is 0 Å². The third kappa shape index (κ3) is 1.62. The molecule has 0 fully saturated rings. The van der Waals surface area contributed by atoms with Gasteiger partial charge in [-0.3, -0.25) is 0 Å².